The number of fused-ring (bicyclic) bond motifs is 4. The zero-order valence-corrected chi connectivity index (χ0v) is 10.4. The van der Waals surface area contributed by atoms with Crippen molar-refractivity contribution in [3.8, 4) is 0 Å². The largest absolute Gasteiger partial charge is 0.462 e. The van der Waals surface area contributed by atoms with Crippen molar-refractivity contribution in [1.82, 2.24) is 0 Å². The van der Waals surface area contributed by atoms with E-state index in [2.05, 4.69) is 0 Å². The number of carbonyl (C=O) groups excluding carboxylic acids is 1. The minimum absolute atomic E-state index is 0.162. The van der Waals surface area contributed by atoms with Crippen LogP contribution in [0, 0.1) is 29.6 Å². The third kappa shape index (κ3) is 1.63. The quantitative estimate of drug-likeness (QED) is 0.686. The lowest BCUT2D eigenvalue weighted by Crippen LogP contribution is -2.30. The molecule has 4 saturated carbocycles. The van der Waals surface area contributed by atoms with Gasteiger partial charge in [-0.15, -0.1) is 0 Å². The molecule has 0 aromatic rings. The second kappa shape index (κ2) is 3.73. The molecule has 0 unspecified atom stereocenters. The molecule has 0 aromatic carbocycles. The van der Waals surface area contributed by atoms with Crippen LogP contribution in [0.1, 0.15) is 51.4 Å². The van der Waals surface area contributed by atoms with E-state index in [1.54, 1.807) is 0 Å². The van der Waals surface area contributed by atoms with E-state index in [0.717, 1.165) is 24.7 Å². The van der Waals surface area contributed by atoms with Gasteiger partial charge in [0.1, 0.15) is 6.10 Å². The minimum atomic E-state index is 0.162. The van der Waals surface area contributed by atoms with Gasteiger partial charge in [0.05, 0.1) is 5.92 Å². The first-order valence-corrected chi connectivity index (χ1v) is 7.50. The number of hydrogen-bond donors (Lipinski definition) is 0. The summed E-state index contributed by atoms with van der Waals surface area (Å²) in [4.78, 5) is 12.2. The van der Waals surface area contributed by atoms with Crippen LogP contribution < -0.4 is 0 Å². The van der Waals surface area contributed by atoms with Gasteiger partial charge < -0.3 is 4.74 Å². The highest BCUT2D eigenvalue weighted by molar-refractivity contribution is 5.73. The molecule has 0 aliphatic heterocycles. The van der Waals surface area contributed by atoms with Crippen molar-refractivity contribution in [3.05, 3.63) is 0 Å². The van der Waals surface area contributed by atoms with Crippen molar-refractivity contribution in [1.29, 1.82) is 0 Å². The number of carbonyl (C=O) groups is 1. The van der Waals surface area contributed by atoms with E-state index in [1.807, 2.05) is 0 Å². The van der Waals surface area contributed by atoms with Gasteiger partial charge in [-0.3, -0.25) is 4.79 Å². The summed E-state index contributed by atoms with van der Waals surface area (Å²) in [6.45, 7) is 0. The Morgan fingerprint density at radius 2 is 1.53 bits per heavy atom. The molecule has 0 heterocycles. The Balaban J connectivity index is 1.38. The van der Waals surface area contributed by atoms with Crippen LogP contribution >= 0.6 is 0 Å². The van der Waals surface area contributed by atoms with E-state index < -0.39 is 0 Å². The van der Waals surface area contributed by atoms with Crippen LogP contribution in [0.25, 0.3) is 0 Å². The molecule has 4 aliphatic carbocycles. The molecule has 6 atom stereocenters. The molecule has 4 aliphatic rings. The van der Waals surface area contributed by atoms with Crippen LogP contribution in [0.4, 0.5) is 0 Å². The molecule has 0 radical (unpaired) electrons. The Kier molecular flexibility index (Phi) is 2.28. The molecule has 2 heteroatoms. The topological polar surface area (TPSA) is 26.3 Å². The van der Waals surface area contributed by atoms with Gasteiger partial charge in [0, 0.05) is 0 Å². The zero-order valence-electron chi connectivity index (χ0n) is 10.4. The van der Waals surface area contributed by atoms with Crippen LogP contribution in [0.15, 0.2) is 0 Å². The van der Waals surface area contributed by atoms with E-state index in [0.29, 0.717) is 17.9 Å². The Hall–Kier alpha value is -0.530. The highest BCUT2D eigenvalue weighted by atomic mass is 16.5. The summed E-state index contributed by atoms with van der Waals surface area (Å²) in [7, 11) is 0. The summed E-state index contributed by atoms with van der Waals surface area (Å²) < 4.78 is 5.84. The molecular formula is C15H22O2. The summed E-state index contributed by atoms with van der Waals surface area (Å²) >= 11 is 0. The third-order valence-corrected chi connectivity index (χ3v) is 5.98. The fourth-order valence-corrected chi connectivity index (χ4v) is 5.10. The molecule has 0 aromatic heterocycles. The highest BCUT2D eigenvalue weighted by Gasteiger charge is 2.47. The lowest BCUT2D eigenvalue weighted by molar-refractivity contribution is -0.158. The average molecular weight is 234 g/mol. The smallest absolute Gasteiger partial charge is 0.309 e. The zero-order chi connectivity index (χ0) is 11.4. The molecule has 0 saturated heterocycles. The predicted molar refractivity (Wildman–Crippen MR) is 64.3 cm³/mol. The van der Waals surface area contributed by atoms with E-state index in [4.69, 9.17) is 4.74 Å². The second-order valence-corrected chi connectivity index (χ2v) is 6.93. The third-order valence-electron chi connectivity index (χ3n) is 5.98. The molecule has 17 heavy (non-hydrogen) atoms. The van der Waals surface area contributed by atoms with Crippen molar-refractivity contribution in [2.24, 2.45) is 29.6 Å². The first-order chi connectivity index (χ1) is 8.29. The maximum absolute atomic E-state index is 12.2. The van der Waals surface area contributed by atoms with Crippen LogP contribution in [0.2, 0.25) is 0 Å². The Labute approximate surface area is 103 Å². The van der Waals surface area contributed by atoms with Crippen LogP contribution in [0.3, 0.4) is 0 Å². The molecule has 0 N–H and O–H groups in total. The number of ether oxygens (including phenoxy) is 1. The second-order valence-electron chi connectivity index (χ2n) is 6.93. The van der Waals surface area contributed by atoms with Crippen molar-refractivity contribution in [3.63, 3.8) is 0 Å². The van der Waals surface area contributed by atoms with Crippen molar-refractivity contribution >= 4 is 5.97 Å². The SMILES string of the molecule is O=C(O[C@H]1C[C@@H]2CC[C@H]1C2)[C@H]1C[C@H]2CC[C@@H]1C2. The lowest BCUT2D eigenvalue weighted by atomic mass is 9.89. The molecule has 0 amide bonds. The standard InChI is InChI=1S/C15H22O2/c16-15(13-7-9-1-3-11(13)5-9)17-14-8-10-2-4-12(14)6-10/h9-14H,1-8H2/t9-,10+,11+,12-,13-,14-/m0/s1. The Bertz CT molecular complexity index is 338. The van der Waals surface area contributed by atoms with Gasteiger partial charge >= 0.3 is 5.97 Å². The molecule has 4 fully saturated rings. The van der Waals surface area contributed by atoms with E-state index in [9.17, 15) is 4.79 Å². The Morgan fingerprint density at radius 1 is 0.824 bits per heavy atom. The van der Waals surface area contributed by atoms with Crippen molar-refractivity contribution < 1.29 is 9.53 Å². The van der Waals surface area contributed by atoms with Crippen LogP contribution in [0.5, 0.6) is 0 Å². The fraction of sp³-hybridized carbons (Fsp3) is 0.933. The summed E-state index contributed by atoms with van der Waals surface area (Å²) in [5.41, 5.74) is 0. The van der Waals surface area contributed by atoms with Gasteiger partial charge in [-0.2, -0.15) is 0 Å². The normalized spacial score (nSPS) is 51.1. The maximum Gasteiger partial charge on any atom is 0.309 e. The van der Waals surface area contributed by atoms with E-state index >= 15 is 0 Å². The molecular weight excluding hydrogens is 212 g/mol. The molecule has 4 rings (SSSR count). The summed E-state index contributed by atoms with van der Waals surface area (Å²) in [6, 6.07) is 0. The molecule has 2 nitrogen and oxygen atoms in total. The van der Waals surface area contributed by atoms with Gasteiger partial charge in [0.2, 0.25) is 0 Å². The number of esters is 1. The van der Waals surface area contributed by atoms with Gasteiger partial charge in [-0.05, 0) is 68.6 Å². The molecule has 4 bridgehead atoms. The van der Waals surface area contributed by atoms with Crippen molar-refractivity contribution in [2.75, 3.05) is 0 Å². The predicted octanol–water partition coefficient (Wildman–Crippen LogP) is 3.15. The minimum Gasteiger partial charge on any atom is -0.462 e. The summed E-state index contributed by atoms with van der Waals surface area (Å²) in [6.07, 6.45) is 10.5. The Morgan fingerprint density at radius 3 is 2.06 bits per heavy atom. The van der Waals surface area contributed by atoms with Gasteiger partial charge in [-0.25, -0.2) is 0 Å². The summed E-state index contributed by atoms with van der Waals surface area (Å²) in [5.74, 6) is 3.53. The van der Waals surface area contributed by atoms with Crippen molar-refractivity contribution in [2.45, 2.75) is 57.5 Å². The van der Waals surface area contributed by atoms with Crippen LogP contribution in [-0.4, -0.2) is 12.1 Å². The van der Waals surface area contributed by atoms with E-state index in [1.165, 1.54) is 38.5 Å². The molecule has 94 valence electrons. The van der Waals surface area contributed by atoms with E-state index in [-0.39, 0.29) is 11.9 Å². The first kappa shape index (κ1) is 10.4. The van der Waals surface area contributed by atoms with Gasteiger partial charge in [0.25, 0.3) is 0 Å². The highest BCUT2D eigenvalue weighted by Crippen LogP contribution is 2.50. The number of hydrogen-bond acceptors (Lipinski definition) is 2. The number of rotatable bonds is 2. The lowest BCUT2D eigenvalue weighted by Gasteiger charge is -2.26. The van der Waals surface area contributed by atoms with Gasteiger partial charge in [0.15, 0.2) is 0 Å². The maximum atomic E-state index is 12.2. The molecule has 0 spiro atoms. The van der Waals surface area contributed by atoms with Crippen LogP contribution in [-0.2, 0) is 9.53 Å². The van der Waals surface area contributed by atoms with Gasteiger partial charge in [-0.1, -0.05) is 6.42 Å². The fourth-order valence-electron chi connectivity index (χ4n) is 5.10. The average Bonchev–Trinajstić information content (AvgIpc) is 3.08. The monoisotopic (exact) mass is 234 g/mol. The summed E-state index contributed by atoms with van der Waals surface area (Å²) in [5, 5.41) is 0. The first-order valence-electron chi connectivity index (χ1n) is 7.50.